The molecule has 5 nitrogen and oxygen atoms in total. The van der Waals surface area contributed by atoms with Gasteiger partial charge in [0.2, 0.25) is 0 Å². The highest BCUT2D eigenvalue weighted by Crippen LogP contribution is 2.29. The summed E-state index contributed by atoms with van der Waals surface area (Å²) in [4.78, 5) is 4.35. The summed E-state index contributed by atoms with van der Waals surface area (Å²) in [6.07, 6.45) is 1.76. The molecule has 0 saturated carbocycles. The molecule has 0 aliphatic heterocycles. The molecule has 0 amide bonds. The van der Waals surface area contributed by atoms with Crippen molar-refractivity contribution < 1.29 is 0 Å². The van der Waals surface area contributed by atoms with Crippen molar-refractivity contribution in [1.29, 1.82) is 0 Å². The van der Waals surface area contributed by atoms with Gasteiger partial charge in [0.15, 0.2) is 5.16 Å². The molecule has 0 radical (unpaired) electrons. The summed E-state index contributed by atoms with van der Waals surface area (Å²) >= 11 is 1.49. The Morgan fingerprint density at radius 3 is 2.76 bits per heavy atom. The van der Waals surface area contributed by atoms with Crippen molar-refractivity contribution in [2.75, 3.05) is 0 Å². The van der Waals surface area contributed by atoms with Gasteiger partial charge in [-0.25, -0.2) is 4.98 Å². The van der Waals surface area contributed by atoms with E-state index in [1.807, 2.05) is 37.6 Å². The molecular weight excluding hydrogens is 234 g/mol. The van der Waals surface area contributed by atoms with Crippen LogP contribution in [-0.2, 0) is 7.05 Å². The van der Waals surface area contributed by atoms with Gasteiger partial charge >= 0.3 is 0 Å². The second kappa shape index (κ2) is 4.85. The Kier molecular flexibility index (Phi) is 3.44. The smallest absolute Gasteiger partial charge is 0.197 e. The molecule has 17 heavy (non-hydrogen) atoms. The van der Waals surface area contributed by atoms with E-state index in [9.17, 15) is 0 Å². The van der Waals surface area contributed by atoms with Gasteiger partial charge in [-0.3, -0.25) is 0 Å². The number of rotatable bonds is 3. The fourth-order valence-corrected chi connectivity index (χ4v) is 2.41. The molecule has 2 N–H and O–H groups in total. The van der Waals surface area contributed by atoms with Crippen LogP contribution in [0.4, 0.5) is 0 Å². The fourth-order valence-electron chi connectivity index (χ4n) is 1.40. The van der Waals surface area contributed by atoms with E-state index in [1.54, 1.807) is 6.20 Å². The molecule has 0 spiro atoms. The molecule has 2 rings (SSSR count). The van der Waals surface area contributed by atoms with Crippen LogP contribution < -0.4 is 5.73 Å². The lowest BCUT2D eigenvalue weighted by atomic mass is 10.2. The summed E-state index contributed by atoms with van der Waals surface area (Å²) in [5.41, 5.74) is 6.94. The van der Waals surface area contributed by atoms with Crippen LogP contribution in [-0.4, -0.2) is 19.7 Å². The highest BCUT2D eigenvalue weighted by atomic mass is 32.2. The highest BCUT2D eigenvalue weighted by Gasteiger charge is 2.13. The van der Waals surface area contributed by atoms with Crippen molar-refractivity contribution >= 4 is 11.8 Å². The van der Waals surface area contributed by atoms with Gasteiger partial charge in [0, 0.05) is 24.8 Å². The van der Waals surface area contributed by atoms with Gasteiger partial charge in [-0.15, -0.1) is 10.2 Å². The standard InChI is InChI=1S/C11H15N5S/c1-7(12)9-5-4-6-13-10(9)17-11-15-14-8(2)16(11)3/h4-7H,12H2,1-3H3. The van der Waals surface area contributed by atoms with Gasteiger partial charge in [-0.2, -0.15) is 0 Å². The molecule has 2 aromatic rings. The monoisotopic (exact) mass is 249 g/mol. The summed E-state index contributed by atoms with van der Waals surface area (Å²) < 4.78 is 1.93. The molecule has 0 saturated heterocycles. The average molecular weight is 249 g/mol. The van der Waals surface area contributed by atoms with Crippen molar-refractivity contribution in [3.05, 3.63) is 29.7 Å². The van der Waals surface area contributed by atoms with Gasteiger partial charge in [0.05, 0.1) is 0 Å². The number of hydrogen-bond donors (Lipinski definition) is 1. The van der Waals surface area contributed by atoms with Crippen LogP contribution in [0.15, 0.2) is 28.5 Å². The normalized spacial score (nSPS) is 12.7. The first-order chi connectivity index (χ1) is 8.09. The third-order valence-electron chi connectivity index (χ3n) is 2.53. The molecule has 0 bridgehead atoms. The van der Waals surface area contributed by atoms with Crippen LogP contribution in [0.1, 0.15) is 24.4 Å². The van der Waals surface area contributed by atoms with E-state index in [0.29, 0.717) is 0 Å². The summed E-state index contributed by atoms with van der Waals surface area (Å²) in [6.45, 7) is 3.87. The van der Waals surface area contributed by atoms with Crippen molar-refractivity contribution in [1.82, 2.24) is 19.7 Å². The molecule has 1 unspecified atom stereocenters. The lowest BCUT2D eigenvalue weighted by Crippen LogP contribution is -2.07. The topological polar surface area (TPSA) is 69.6 Å². The summed E-state index contributed by atoms with van der Waals surface area (Å²) in [7, 11) is 1.94. The van der Waals surface area contributed by atoms with E-state index in [2.05, 4.69) is 15.2 Å². The molecule has 90 valence electrons. The van der Waals surface area contributed by atoms with Crippen LogP contribution in [0.2, 0.25) is 0 Å². The SMILES string of the molecule is Cc1nnc(Sc2ncccc2C(C)N)n1C. The zero-order valence-electron chi connectivity index (χ0n) is 10.1. The first-order valence-electron chi connectivity index (χ1n) is 5.34. The maximum atomic E-state index is 5.92. The van der Waals surface area contributed by atoms with Gasteiger partial charge in [-0.05, 0) is 31.7 Å². The number of nitrogens with zero attached hydrogens (tertiary/aromatic N) is 4. The Morgan fingerprint density at radius 1 is 1.41 bits per heavy atom. The van der Waals surface area contributed by atoms with Crippen LogP contribution in [0.25, 0.3) is 0 Å². The Labute approximate surface area is 104 Å². The Hall–Kier alpha value is -1.40. The van der Waals surface area contributed by atoms with Crippen molar-refractivity contribution in [3.63, 3.8) is 0 Å². The number of hydrogen-bond acceptors (Lipinski definition) is 5. The van der Waals surface area contributed by atoms with Gasteiger partial charge < -0.3 is 10.3 Å². The summed E-state index contributed by atoms with van der Waals surface area (Å²) in [6, 6.07) is 3.84. The third kappa shape index (κ3) is 2.48. The Bertz CT molecular complexity index is 520. The van der Waals surface area contributed by atoms with Crippen LogP contribution in [0.3, 0.4) is 0 Å². The number of aryl methyl sites for hydroxylation is 1. The Balaban J connectivity index is 2.33. The molecule has 0 aromatic carbocycles. The Morgan fingerprint density at radius 2 is 2.18 bits per heavy atom. The van der Waals surface area contributed by atoms with Crippen LogP contribution >= 0.6 is 11.8 Å². The minimum Gasteiger partial charge on any atom is -0.324 e. The highest BCUT2D eigenvalue weighted by molar-refractivity contribution is 7.99. The van der Waals surface area contributed by atoms with Gasteiger partial charge in [0.25, 0.3) is 0 Å². The minimum atomic E-state index is -0.0412. The number of nitrogens with two attached hydrogens (primary N) is 1. The lowest BCUT2D eigenvalue weighted by molar-refractivity contribution is 0.755. The number of aromatic nitrogens is 4. The second-order valence-electron chi connectivity index (χ2n) is 3.88. The second-order valence-corrected chi connectivity index (χ2v) is 4.83. The van der Waals surface area contributed by atoms with E-state index in [1.165, 1.54) is 11.8 Å². The first kappa shape index (κ1) is 12.1. The molecular formula is C11H15N5S. The van der Waals surface area contributed by atoms with E-state index in [-0.39, 0.29) is 6.04 Å². The maximum Gasteiger partial charge on any atom is 0.197 e. The summed E-state index contributed by atoms with van der Waals surface area (Å²) in [5.74, 6) is 0.880. The molecule has 2 heterocycles. The quantitative estimate of drug-likeness (QED) is 0.896. The van der Waals surface area contributed by atoms with Crippen LogP contribution in [0.5, 0.6) is 0 Å². The van der Waals surface area contributed by atoms with E-state index >= 15 is 0 Å². The molecule has 1 atom stereocenters. The predicted octanol–water partition coefficient (Wildman–Crippen LogP) is 1.69. The van der Waals surface area contributed by atoms with E-state index in [4.69, 9.17) is 5.73 Å². The fraction of sp³-hybridized carbons (Fsp3) is 0.364. The van der Waals surface area contributed by atoms with E-state index < -0.39 is 0 Å². The maximum absolute atomic E-state index is 5.92. The predicted molar refractivity (Wildman–Crippen MR) is 66.7 cm³/mol. The molecule has 0 aliphatic carbocycles. The van der Waals surface area contributed by atoms with Gasteiger partial charge in [-0.1, -0.05) is 6.07 Å². The zero-order chi connectivity index (χ0) is 12.4. The van der Waals surface area contributed by atoms with Crippen molar-refractivity contribution in [2.24, 2.45) is 12.8 Å². The number of pyridine rings is 1. The third-order valence-corrected chi connectivity index (χ3v) is 3.60. The zero-order valence-corrected chi connectivity index (χ0v) is 10.9. The minimum absolute atomic E-state index is 0.0412. The van der Waals surface area contributed by atoms with Crippen molar-refractivity contribution in [3.8, 4) is 0 Å². The molecule has 2 aromatic heterocycles. The molecule has 0 aliphatic rings. The summed E-state index contributed by atoms with van der Waals surface area (Å²) in [5, 5.41) is 9.84. The first-order valence-corrected chi connectivity index (χ1v) is 6.15. The van der Waals surface area contributed by atoms with E-state index in [0.717, 1.165) is 21.6 Å². The van der Waals surface area contributed by atoms with Crippen molar-refractivity contribution in [2.45, 2.75) is 30.1 Å². The van der Waals surface area contributed by atoms with Gasteiger partial charge in [0.1, 0.15) is 10.9 Å². The molecule has 0 fully saturated rings. The molecule has 6 heteroatoms. The average Bonchev–Trinajstić information content (AvgIpc) is 2.61. The lowest BCUT2D eigenvalue weighted by Gasteiger charge is -2.10. The van der Waals surface area contributed by atoms with Crippen LogP contribution in [0, 0.1) is 6.92 Å². The largest absolute Gasteiger partial charge is 0.324 e.